The maximum atomic E-state index is 13.1. The highest BCUT2D eigenvalue weighted by Crippen LogP contribution is 2.42. The van der Waals surface area contributed by atoms with Crippen LogP contribution < -0.4 is 11.1 Å². The Balaban J connectivity index is 1.69. The van der Waals surface area contributed by atoms with Gasteiger partial charge in [-0.1, -0.05) is 31.0 Å². The molecular formula is C24H29F3N4. The number of nitrogens with two attached hydrogens (primary N) is 1. The van der Waals surface area contributed by atoms with E-state index >= 15 is 0 Å². The van der Waals surface area contributed by atoms with E-state index in [0.29, 0.717) is 17.3 Å². The van der Waals surface area contributed by atoms with Crippen molar-refractivity contribution >= 4 is 16.6 Å². The summed E-state index contributed by atoms with van der Waals surface area (Å²) in [6, 6.07) is 10.4. The number of nitrogen functional groups attached to an aromatic ring is 1. The molecule has 0 amide bonds. The fraction of sp³-hybridized carbons (Fsp3) is 0.458. The van der Waals surface area contributed by atoms with Gasteiger partial charge < -0.3 is 10.3 Å². The van der Waals surface area contributed by atoms with Crippen LogP contribution in [0.1, 0.15) is 56.7 Å². The molecule has 1 aromatic carbocycles. The highest BCUT2D eigenvalue weighted by molar-refractivity contribution is 6.00. The number of pyridine rings is 1. The first-order chi connectivity index (χ1) is 14.6. The molecule has 1 aliphatic carbocycles. The molecule has 4 rings (SSSR count). The van der Waals surface area contributed by atoms with E-state index in [1.54, 1.807) is 6.20 Å². The number of hydrogen-bond donors (Lipinski definition) is 2. The number of rotatable bonds is 5. The molecule has 0 bridgehead atoms. The van der Waals surface area contributed by atoms with Gasteiger partial charge in [0.2, 0.25) is 0 Å². The Labute approximate surface area is 180 Å². The van der Waals surface area contributed by atoms with Gasteiger partial charge in [-0.05, 0) is 56.9 Å². The maximum absolute atomic E-state index is 13.1. The van der Waals surface area contributed by atoms with E-state index in [1.807, 2.05) is 12.1 Å². The number of fused-ring (bicyclic) bond motifs is 1. The van der Waals surface area contributed by atoms with Crippen LogP contribution >= 0.6 is 0 Å². The van der Waals surface area contributed by atoms with Gasteiger partial charge in [-0.2, -0.15) is 13.2 Å². The lowest BCUT2D eigenvalue weighted by atomic mass is 10.0. The molecule has 4 nitrogen and oxygen atoms in total. The predicted molar refractivity (Wildman–Crippen MR) is 119 cm³/mol. The van der Waals surface area contributed by atoms with Crippen molar-refractivity contribution in [2.24, 2.45) is 0 Å². The lowest BCUT2D eigenvalue weighted by molar-refractivity contribution is -0.186. The molecule has 0 saturated heterocycles. The minimum absolute atomic E-state index is 0.0834. The second-order valence-electron chi connectivity index (χ2n) is 9.12. The lowest BCUT2D eigenvalue weighted by Crippen LogP contribution is -2.51. The van der Waals surface area contributed by atoms with Gasteiger partial charge in [0.15, 0.2) is 0 Å². The van der Waals surface area contributed by atoms with Crippen LogP contribution in [-0.4, -0.2) is 21.3 Å². The van der Waals surface area contributed by atoms with Gasteiger partial charge in [-0.3, -0.25) is 10.3 Å². The lowest BCUT2D eigenvalue weighted by Gasteiger charge is -2.29. The maximum Gasteiger partial charge on any atom is 0.406 e. The first-order valence-electron chi connectivity index (χ1n) is 10.8. The van der Waals surface area contributed by atoms with Crippen molar-refractivity contribution in [1.29, 1.82) is 0 Å². The highest BCUT2D eigenvalue weighted by atomic mass is 19.4. The zero-order valence-electron chi connectivity index (χ0n) is 18.2. The van der Waals surface area contributed by atoms with Crippen LogP contribution in [0.5, 0.6) is 0 Å². The van der Waals surface area contributed by atoms with Crippen LogP contribution in [0.4, 0.5) is 18.9 Å². The van der Waals surface area contributed by atoms with E-state index < -0.39 is 11.7 Å². The molecule has 2 heterocycles. The number of alkyl halides is 3. The first kappa shape index (κ1) is 21.7. The largest absolute Gasteiger partial charge is 0.406 e. The number of nitrogens with zero attached hydrogens (tertiary/aromatic N) is 2. The van der Waals surface area contributed by atoms with Gasteiger partial charge in [0.05, 0.1) is 22.6 Å². The van der Waals surface area contributed by atoms with E-state index in [2.05, 4.69) is 40.0 Å². The minimum atomic E-state index is -4.32. The van der Waals surface area contributed by atoms with Crippen molar-refractivity contribution in [3.63, 3.8) is 0 Å². The number of aryl methyl sites for hydroxylation is 1. The normalized spacial score (nSPS) is 15.8. The van der Waals surface area contributed by atoms with Crippen LogP contribution in [0.2, 0.25) is 0 Å². The first-order valence-corrected chi connectivity index (χ1v) is 10.8. The zero-order chi connectivity index (χ0) is 22.4. The van der Waals surface area contributed by atoms with Crippen molar-refractivity contribution in [2.45, 2.75) is 70.8 Å². The predicted octanol–water partition coefficient (Wildman–Crippen LogP) is 6.14. The number of aromatic nitrogens is 2. The standard InChI is InChI=1S/C24H29F3N4/c1-15-8-10-18-20(12-15)31(17-6-4-5-7-17)22(21(18)28)19-11-9-16(13-29-19)14-30-23(2,3)24(25,26)27/h8-13,17,30H,4-7,14,28H2,1-3H3. The third kappa shape index (κ3) is 4.03. The summed E-state index contributed by atoms with van der Waals surface area (Å²) in [7, 11) is 0. The summed E-state index contributed by atoms with van der Waals surface area (Å²) in [5.41, 5.74) is 9.98. The van der Waals surface area contributed by atoms with E-state index in [0.717, 1.165) is 49.0 Å². The number of anilines is 1. The molecule has 3 aromatic rings. The fourth-order valence-corrected chi connectivity index (χ4v) is 4.34. The second kappa shape index (κ2) is 7.86. The average molecular weight is 431 g/mol. The zero-order valence-corrected chi connectivity index (χ0v) is 18.2. The Morgan fingerprint density at radius 3 is 2.45 bits per heavy atom. The molecule has 166 valence electrons. The van der Waals surface area contributed by atoms with E-state index in [-0.39, 0.29) is 6.54 Å². The molecule has 0 radical (unpaired) electrons. The molecule has 1 saturated carbocycles. The summed E-state index contributed by atoms with van der Waals surface area (Å²) >= 11 is 0. The number of benzene rings is 1. The highest BCUT2D eigenvalue weighted by Gasteiger charge is 2.46. The summed E-state index contributed by atoms with van der Waals surface area (Å²) in [5.74, 6) is 0. The Morgan fingerprint density at radius 1 is 1.13 bits per heavy atom. The van der Waals surface area contributed by atoms with Crippen molar-refractivity contribution in [3.8, 4) is 11.4 Å². The van der Waals surface area contributed by atoms with Crippen LogP contribution in [-0.2, 0) is 6.54 Å². The van der Waals surface area contributed by atoms with Crippen LogP contribution in [0.25, 0.3) is 22.3 Å². The molecule has 31 heavy (non-hydrogen) atoms. The number of hydrogen-bond acceptors (Lipinski definition) is 3. The molecule has 7 heteroatoms. The summed E-state index contributed by atoms with van der Waals surface area (Å²) in [6.45, 7) is 4.43. The van der Waals surface area contributed by atoms with Crippen molar-refractivity contribution in [3.05, 3.63) is 47.7 Å². The van der Waals surface area contributed by atoms with Gasteiger partial charge in [-0.15, -0.1) is 0 Å². The fourth-order valence-electron chi connectivity index (χ4n) is 4.34. The number of halogens is 3. The van der Waals surface area contributed by atoms with E-state index in [1.165, 1.54) is 18.4 Å². The third-order valence-corrected chi connectivity index (χ3v) is 6.40. The van der Waals surface area contributed by atoms with Crippen molar-refractivity contribution in [1.82, 2.24) is 14.9 Å². The molecule has 0 aliphatic heterocycles. The molecular weight excluding hydrogens is 401 g/mol. The van der Waals surface area contributed by atoms with Gasteiger partial charge in [0.25, 0.3) is 0 Å². The van der Waals surface area contributed by atoms with Gasteiger partial charge >= 0.3 is 6.18 Å². The molecule has 2 aromatic heterocycles. The van der Waals surface area contributed by atoms with Crippen molar-refractivity contribution < 1.29 is 13.2 Å². The molecule has 0 atom stereocenters. The van der Waals surface area contributed by atoms with Gasteiger partial charge in [0, 0.05) is 24.2 Å². The van der Waals surface area contributed by atoms with E-state index in [9.17, 15) is 13.2 Å². The molecule has 1 fully saturated rings. The second-order valence-corrected chi connectivity index (χ2v) is 9.12. The quantitative estimate of drug-likeness (QED) is 0.511. The van der Waals surface area contributed by atoms with Gasteiger partial charge in [0.1, 0.15) is 5.54 Å². The molecule has 0 unspecified atom stereocenters. The summed E-state index contributed by atoms with van der Waals surface area (Å²) in [5, 5.41) is 3.60. The minimum Gasteiger partial charge on any atom is -0.396 e. The van der Waals surface area contributed by atoms with Crippen LogP contribution in [0, 0.1) is 6.92 Å². The Morgan fingerprint density at radius 2 is 1.84 bits per heavy atom. The smallest absolute Gasteiger partial charge is 0.396 e. The Bertz CT molecular complexity index is 1070. The Kier molecular flexibility index (Phi) is 5.50. The van der Waals surface area contributed by atoms with Crippen LogP contribution in [0.15, 0.2) is 36.5 Å². The summed E-state index contributed by atoms with van der Waals surface area (Å²) in [6.07, 6.45) is 1.92. The SMILES string of the molecule is Cc1ccc2c(N)c(-c3ccc(CNC(C)(C)C(F)(F)F)cn3)n(C3CCCC3)c2c1. The molecule has 3 N–H and O–H groups in total. The topological polar surface area (TPSA) is 55.9 Å². The molecule has 0 spiro atoms. The number of nitrogens with one attached hydrogen (secondary N) is 1. The summed E-state index contributed by atoms with van der Waals surface area (Å²) in [4.78, 5) is 4.60. The average Bonchev–Trinajstić information content (AvgIpc) is 3.32. The monoisotopic (exact) mass is 430 g/mol. The Hall–Kier alpha value is -2.54. The van der Waals surface area contributed by atoms with Crippen LogP contribution in [0.3, 0.4) is 0 Å². The van der Waals surface area contributed by atoms with Crippen molar-refractivity contribution in [2.75, 3.05) is 5.73 Å². The molecule has 1 aliphatic rings. The summed E-state index contributed by atoms with van der Waals surface area (Å²) < 4.78 is 41.6. The third-order valence-electron chi connectivity index (χ3n) is 6.40. The van der Waals surface area contributed by atoms with E-state index in [4.69, 9.17) is 5.73 Å². The van der Waals surface area contributed by atoms with Gasteiger partial charge in [-0.25, -0.2) is 0 Å².